The van der Waals surface area contributed by atoms with Gasteiger partial charge in [-0.2, -0.15) is 0 Å². The molecule has 1 aromatic carbocycles. The predicted octanol–water partition coefficient (Wildman–Crippen LogP) is 4.43. The summed E-state index contributed by atoms with van der Waals surface area (Å²) < 4.78 is 0. The molecule has 1 spiro atoms. The number of rotatable bonds is 4. The highest BCUT2D eigenvalue weighted by Crippen LogP contribution is 2.43. The van der Waals surface area contributed by atoms with Crippen molar-refractivity contribution in [1.82, 2.24) is 15.1 Å². The molecule has 1 aliphatic carbocycles. The van der Waals surface area contributed by atoms with Gasteiger partial charge in [-0.3, -0.25) is 9.69 Å². The first-order chi connectivity index (χ1) is 14.3. The molecule has 0 unspecified atom stereocenters. The van der Waals surface area contributed by atoms with Gasteiger partial charge in [0.05, 0.1) is 6.67 Å². The van der Waals surface area contributed by atoms with E-state index < -0.39 is 5.54 Å². The van der Waals surface area contributed by atoms with Crippen molar-refractivity contribution >= 4 is 11.9 Å². The van der Waals surface area contributed by atoms with Crippen LogP contribution in [0.15, 0.2) is 30.3 Å². The number of urea groups is 1. The van der Waals surface area contributed by atoms with E-state index >= 15 is 0 Å². The first-order valence-electron chi connectivity index (χ1n) is 11.7. The Balaban J connectivity index is 1.29. The van der Waals surface area contributed by atoms with Gasteiger partial charge in [-0.25, -0.2) is 9.69 Å². The average molecular weight is 412 g/mol. The van der Waals surface area contributed by atoms with E-state index in [2.05, 4.69) is 61.3 Å². The molecule has 3 fully saturated rings. The van der Waals surface area contributed by atoms with Crippen molar-refractivity contribution < 1.29 is 9.59 Å². The molecule has 1 saturated carbocycles. The summed E-state index contributed by atoms with van der Waals surface area (Å²) in [4.78, 5) is 29.7. The third-order valence-corrected chi connectivity index (χ3v) is 7.73. The Labute approximate surface area is 181 Å². The van der Waals surface area contributed by atoms with Crippen LogP contribution in [0, 0.1) is 17.3 Å². The van der Waals surface area contributed by atoms with Crippen LogP contribution < -0.4 is 5.32 Å². The Morgan fingerprint density at radius 1 is 1.00 bits per heavy atom. The third kappa shape index (κ3) is 4.41. The maximum Gasteiger partial charge on any atom is 0.326 e. The molecule has 0 atom stereocenters. The summed E-state index contributed by atoms with van der Waals surface area (Å²) in [5.41, 5.74) is 1.01. The normalized spacial score (nSPS) is 28.9. The Hall–Kier alpha value is -1.88. The van der Waals surface area contributed by atoms with E-state index in [9.17, 15) is 9.59 Å². The minimum atomic E-state index is -0.648. The lowest BCUT2D eigenvalue weighted by atomic mass is 9.67. The fourth-order valence-corrected chi connectivity index (χ4v) is 5.60. The number of hydrogen-bond acceptors (Lipinski definition) is 3. The van der Waals surface area contributed by atoms with Crippen LogP contribution in [0.2, 0.25) is 0 Å². The van der Waals surface area contributed by atoms with Crippen LogP contribution in [-0.4, -0.2) is 47.0 Å². The minimum Gasteiger partial charge on any atom is -0.323 e. The summed E-state index contributed by atoms with van der Waals surface area (Å²) >= 11 is 0. The van der Waals surface area contributed by atoms with E-state index in [1.54, 1.807) is 0 Å². The van der Waals surface area contributed by atoms with Crippen LogP contribution >= 0.6 is 0 Å². The summed E-state index contributed by atoms with van der Waals surface area (Å²) in [6, 6.07) is 10.5. The van der Waals surface area contributed by atoms with Gasteiger partial charge in [0, 0.05) is 13.1 Å². The maximum absolute atomic E-state index is 13.2. The van der Waals surface area contributed by atoms with E-state index in [0.717, 1.165) is 58.0 Å². The first-order valence-corrected chi connectivity index (χ1v) is 11.7. The number of carbonyl (C=O) groups excluding carboxylic acids is 2. The van der Waals surface area contributed by atoms with Crippen molar-refractivity contribution in [3.63, 3.8) is 0 Å². The molecule has 1 aromatic rings. The third-order valence-electron chi connectivity index (χ3n) is 7.73. The van der Waals surface area contributed by atoms with Gasteiger partial charge in [0.15, 0.2) is 0 Å². The molecule has 3 aliphatic rings. The smallest absolute Gasteiger partial charge is 0.323 e. The molecular weight excluding hydrogens is 374 g/mol. The molecule has 164 valence electrons. The fraction of sp³-hybridized carbons (Fsp3) is 0.680. The van der Waals surface area contributed by atoms with E-state index in [0.29, 0.717) is 18.5 Å². The standard InChI is InChI=1S/C25H37N3O2/c1-24(2,3)21-9-13-25(14-10-21)22(29)28(23(30)26-25)18-27-15-11-20(12-16-27)17-19-7-5-4-6-8-19/h4-8,20-21H,9-18H2,1-3H3,(H,26,30). The Kier molecular flexibility index (Phi) is 5.93. The highest BCUT2D eigenvalue weighted by Gasteiger charge is 2.53. The molecule has 5 nitrogen and oxygen atoms in total. The summed E-state index contributed by atoms with van der Waals surface area (Å²) in [6.07, 6.45) is 6.93. The van der Waals surface area contributed by atoms with E-state index in [-0.39, 0.29) is 17.4 Å². The lowest BCUT2D eigenvalue weighted by Gasteiger charge is -2.40. The number of amides is 3. The number of benzene rings is 1. The van der Waals surface area contributed by atoms with Crippen molar-refractivity contribution in [2.45, 2.75) is 71.3 Å². The van der Waals surface area contributed by atoms with E-state index in [4.69, 9.17) is 0 Å². The molecule has 3 amide bonds. The topological polar surface area (TPSA) is 52.7 Å². The summed E-state index contributed by atoms with van der Waals surface area (Å²) in [5, 5.41) is 3.08. The van der Waals surface area contributed by atoms with Crippen molar-refractivity contribution in [2.75, 3.05) is 19.8 Å². The molecule has 0 bridgehead atoms. The first kappa shape index (κ1) is 21.4. The van der Waals surface area contributed by atoms with Gasteiger partial charge in [0.2, 0.25) is 0 Å². The van der Waals surface area contributed by atoms with Gasteiger partial charge in [0.25, 0.3) is 5.91 Å². The van der Waals surface area contributed by atoms with Crippen molar-refractivity contribution in [3.8, 4) is 0 Å². The number of likely N-dealkylation sites (tertiary alicyclic amines) is 1. The molecule has 2 saturated heterocycles. The van der Waals surface area contributed by atoms with Crippen LogP contribution in [0.4, 0.5) is 4.79 Å². The fourth-order valence-electron chi connectivity index (χ4n) is 5.60. The Morgan fingerprint density at radius 2 is 1.63 bits per heavy atom. The second kappa shape index (κ2) is 8.33. The maximum atomic E-state index is 13.2. The lowest BCUT2D eigenvalue weighted by Crippen LogP contribution is -2.51. The quantitative estimate of drug-likeness (QED) is 0.746. The minimum absolute atomic E-state index is 0.00580. The second-order valence-corrected chi connectivity index (χ2v) is 10.8. The van der Waals surface area contributed by atoms with Gasteiger partial charge in [-0.1, -0.05) is 51.1 Å². The monoisotopic (exact) mass is 411 g/mol. The Bertz CT molecular complexity index is 754. The summed E-state index contributed by atoms with van der Waals surface area (Å²) in [5.74, 6) is 1.31. The van der Waals surface area contributed by atoms with Crippen LogP contribution in [0.25, 0.3) is 0 Å². The summed E-state index contributed by atoms with van der Waals surface area (Å²) in [7, 11) is 0. The average Bonchev–Trinajstić information content (AvgIpc) is 2.94. The van der Waals surface area contributed by atoms with Crippen LogP contribution in [0.5, 0.6) is 0 Å². The largest absolute Gasteiger partial charge is 0.326 e. The number of hydrogen-bond donors (Lipinski definition) is 1. The van der Waals surface area contributed by atoms with Crippen molar-refractivity contribution in [3.05, 3.63) is 35.9 Å². The zero-order chi connectivity index (χ0) is 21.4. The number of piperidine rings is 1. The molecule has 1 N–H and O–H groups in total. The molecule has 0 radical (unpaired) electrons. The number of carbonyl (C=O) groups is 2. The SMILES string of the molecule is CC(C)(C)C1CCC2(CC1)NC(=O)N(CN1CCC(Cc3ccccc3)CC1)C2=O. The van der Waals surface area contributed by atoms with Crippen molar-refractivity contribution in [1.29, 1.82) is 0 Å². The number of imide groups is 1. The molecule has 2 heterocycles. The number of nitrogens with zero attached hydrogens (tertiary/aromatic N) is 2. The van der Waals surface area contributed by atoms with Crippen LogP contribution in [0.1, 0.15) is 64.9 Å². The van der Waals surface area contributed by atoms with Crippen molar-refractivity contribution in [2.24, 2.45) is 17.3 Å². The van der Waals surface area contributed by atoms with Gasteiger partial charge >= 0.3 is 6.03 Å². The highest BCUT2D eigenvalue weighted by atomic mass is 16.2. The van der Waals surface area contributed by atoms with E-state index in [1.165, 1.54) is 10.5 Å². The highest BCUT2D eigenvalue weighted by molar-refractivity contribution is 6.07. The predicted molar refractivity (Wildman–Crippen MR) is 119 cm³/mol. The Morgan fingerprint density at radius 3 is 2.23 bits per heavy atom. The summed E-state index contributed by atoms with van der Waals surface area (Å²) in [6.45, 7) is 9.17. The molecule has 4 rings (SSSR count). The van der Waals surface area contributed by atoms with Gasteiger partial charge in [-0.05, 0) is 67.8 Å². The second-order valence-electron chi connectivity index (χ2n) is 10.8. The molecule has 0 aromatic heterocycles. The zero-order valence-corrected chi connectivity index (χ0v) is 18.8. The van der Waals surface area contributed by atoms with Crippen LogP contribution in [-0.2, 0) is 11.2 Å². The number of nitrogens with one attached hydrogen (secondary N) is 1. The molecule has 2 aliphatic heterocycles. The molecule has 5 heteroatoms. The molecular formula is C25H37N3O2. The zero-order valence-electron chi connectivity index (χ0n) is 18.8. The van der Waals surface area contributed by atoms with Gasteiger partial charge in [-0.15, -0.1) is 0 Å². The van der Waals surface area contributed by atoms with Gasteiger partial charge in [0.1, 0.15) is 5.54 Å². The van der Waals surface area contributed by atoms with Gasteiger partial charge < -0.3 is 5.32 Å². The van der Waals surface area contributed by atoms with E-state index in [1.807, 2.05) is 0 Å². The lowest BCUT2D eigenvalue weighted by molar-refractivity contribution is -0.134. The van der Waals surface area contributed by atoms with Crippen LogP contribution in [0.3, 0.4) is 0 Å². The molecule has 30 heavy (non-hydrogen) atoms.